The summed E-state index contributed by atoms with van der Waals surface area (Å²) in [6.45, 7) is 6.49. The van der Waals surface area contributed by atoms with Crippen LogP contribution in [0.1, 0.15) is 28.9 Å². The van der Waals surface area contributed by atoms with Crippen LogP contribution in [0.15, 0.2) is 12.2 Å². The van der Waals surface area contributed by atoms with E-state index in [1.165, 1.54) is 22.5 Å². The van der Waals surface area contributed by atoms with Gasteiger partial charge in [-0.15, -0.1) is 0 Å². The molecule has 0 aromatic carbocycles. The molecule has 1 aromatic heterocycles. The van der Waals surface area contributed by atoms with Gasteiger partial charge >= 0.3 is 0 Å². The Balaban J connectivity index is 2.30. The van der Waals surface area contributed by atoms with Crippen molar-refractivity contribution in [3.8, 4) is 0 Å². The molecule has 3 nitrogen and oxygen atoms in total. The maximum atomic E-state index is 11.7. The van der Waals surface area contributed by atoms with Crippen molar-refractivity contribution in [3.05, 3.63) is 34.7 Å². The van der Waals surface area contributed by atoms with Gasteiger partial charge in [-0.3, -0.25) is 4.79 Å². The highest BCUT2D eigenvalue weighted by molar-refractivity contribution is 5.79. The summed E-state index contributed by atoms with van der Waals surface area (Å²) in [5.74, 6) is 0.211. The van der Waals surface area contributed by atoms with Crippen LogP contribution in [0.2, 0.25) is 0 Å². The van der Waals surface area contributed by atoms with Crippen LogP contribution in [0.5, 0.6) is 0 Å². The normalized spacial score (nSPS) is 19.7. The molecular weight excluding hydrogens is 224 g/mol. The smallest absolute Gasteiger partial charge is 0.226 e. The van der Waals surface area contributed by atoms with Crippen LogP contribution in [0, 0.1) is 20.8 Å². The molecule has 0 saturated carbocycles. The van der Waals surface area contributed by atoms with Crippen LogP contribution in [0.25, 0.3) is 0 Å². The van der Waals surface area contributed by atoms with Gasteiger partial charge in [0, 0.05) is 38.3 Å². The van der Waals surface area contributed by atoms with Crippen molar-refractivity contribution in [2.24, 2.45) is 7.05 Å². The number of rotatable bonds is 2. The topological polar surface area (TPSA) is 25.2 Å². The summed E-state index contributed by atoms with van der Waals surface area (Å²) in [6, 6.07) is 0.192. The second-order valence-electron chi connectivity index (χ2n) is 5.25. The maximum Gasteiger partial charge on any atom is 0.226 e. The molecule has 1 atom stereocenters. The molecular formula is C15H22N2O. The van der Waals surface area contributed by atoms with Crippen molar-refractivity contribution < 1.29 is 4.79 Å². The Kier molecular flexibility index (Phi) is 3.33. The Morgan fingerprint density at radius 2 is 1.89 bits per heavy atom. The molecule has 1 aliphatic rings. The van der Waals surface area contributed by atoms with E-state index < -0.39 is 0 Å². The van der Waals surface area contributed by atoms with E-state index in [4.69, 9.17) is 0 Å². The van der Waals surface area contributed by atoms with Gasteiger partial charge in [0.1, 0.15) is 0 Å². The number of aromatic nitrogens is 1. The summed E-state index contributed by atoms with van der Waals surface area (Å²) < 4.78 is 2.26. The van der Waals surface area contributed by atoms with Gasteiger partial charge in [-0.1, -0.05) is 12.2 Å². The molecule has 1 aliphatic heterocycles. The van der Waals surface area contributed by atoms with Gasteiger partial charge in [0.2, 0.25) is 5.91 Å². The molecule has 3 heteroatoms. The largest absolute Gasteiger partial charge is 0.351 e. The zero-order chi connectivity index (χ0) is 13.4. The first-order chi connectivity index (χ1) is 8.43. The summed E-state index contributed by atoms with van der Waals surface area (Å²) in [4.78, 5) is 13.6. The summed E-state index contributed by atoms with van der Waals surface area (Å²) in [6.07, 6.45) is 5.58. The average Bonchev–Trinajstić information content (AvgIpc) is 2.52. The minimum absolute atomic E-state index is 0.192. The average molecular weight is 246 g/mol. The monoisotopic (exact) mass is 246 g/mol. The van der Waals surface area contributed by atoms with Gasteiger partial charge in [0.25, 0.3) is 0 Å². The van der Waals surface area contributed by atoms with E-state index in [1.54, 1.807) is 0 Å². The summed E-state index contributed by atoms with van der Waals surface area (Å²) in [7, 11) is 4.01. The lowest BCUT2D eigenvalue weighted by Crippen LogP contribution is -2.39. The van der Waals surface area contributed by atoms with E-state index in [-0.39, 0.29) is 11.9 Å². The number of hydrogen-bond donors (Lipinski definition) is 0. The van der Waals surface area contributed by atoms with Crippen molar-refractivity contribution in [2.75, 3.05) is 7.05 Å². The van der Waals surface area contributed by atoms with Crippen molar-refractivity contribution in [1.82, 2.24) is 9.47 Å². The molecule has 0 N–H and O–H groups in total. The van der Waals surface area contributed by atoms with Crippen molar-refractivity contribution in [3.63, 3.8) is 0 Å². The van der Waals surface area contributed by atoms with Gasteiger partial charge in [0.15, 0.2) is 0 Å². The Morgan fingerprint density at radius 1 is 1.22 bits per heavy atom. The van der Waals surface area contributed by atoms with E-state index >= 15 is 0 Å². The Bertz CT molecular complexity index is 486. The number of carbonyl (C=O) groups excluding carboxylic acids is 1. The predicted octanol–water partition coefficient (Wildman–Crippen LogP) is 2.28. The minimum Gasteiger partial charge on any atom is -0.351 e. The third-order valence-electron chi connectivity index (χ3n) is 4.39. The van der Waals surface area contributed by atoms with E-state index in [0.29, 0.717) is 6.42 Å². The lowest BCUT2D eigenvalue weighted by atomic mass is 10.0. The van der Waals surface area contributed by atoms with Crippen LogP contribution in [-0.2, 0) is 18.3 Å². The third kappa shape index (κ3) is 1.98. The van der Waals surface area contributed by atoms with E-state index in [1.807, 2.05) is 18.0 Å². The van der Waals surface area contributed by atoms with Gasteiger partial charge in [0.05, 0.1) is 6.04 Å². The summed E-state index contributed by atoms with van der Waals surface area (Å²) >= 11 is 0. The molecule has 1 unspecified atom stereocenters. The highest BCUT2D eigenvalue weighted by Crippen LogP contribution is 2.23. The van der Waals surface area contributed by atoms with Crippen LogP contribution in [-0.4, -0.2) is 28.5 Å². The molecule has 0 radical (unpaired) electrons. The van der Waals surface area contributed by atoms with Crippen LogP contribution < -0.4 is 0 Å². The molecule has 0 fully saturated rings. The van der Waals surface area contributed by atoms with Gasteiger partial charge < -0.3 is 9.47 Å². The van der Waals surface area contributed by atoms with E-state index in [2.05, 4.69) is 38.5 Å². The molecule has 0 aliphatic carbocycles. The van der Waals surface area contributed by atoms with Crippen LogP contribution >= 0.6 is 0 Å². The van der Waals surface area contributed by atoms with Gasteiger partial charge in [-0.2, -0.15) is 0 Å². The number of nitrogens with zero attached hydrogens (tertiary/aromatic N) is 2. The molecule has 18 heavy (non-hydrogen) atoms. The zero-order valence-corrected chi connectivity index (χ0v) is 11.9. The SMILES string of the molecule is Cc1c(C)c(CC2C=CCC(=O)N2C)n(C)c1C. The fourth-order valence-corrected chi connectivity index (χ4v) is 2.67. The van der Waals surface area contributed by atoms with Crippen LogP contribution in [0.4, 0.5) is 0 Å². The second kappa shape index (κ2) is 4.63. The molecule has 0 saturated heterocycles. The van der Waals surface area contributed by atoms with Crippen molar-refractivity contribution in [2.45, 2.75) is 39.7 Å². The fourth-order valence-electron chi connectivity index (χ4n) is 2.67. The van der Waals surface area contributed by atoms with Crippen molar-refractivity contribution >= 4 is 5.91 Å². The quantitative estimate of drug-likeness (QED) is 0.735. The highest BCUT2D eigenvalue weighted by Gasteiger charge is 2.23. The lowest BCUT2D eigenvalue weighted by Gasteiger charge is -2.29. The van der Waals surface area contributed by atoms with Crippen molar-refractivity contribution in [1.29, 1.82) is 0 Å². The third-order valence-corrected chi connectivity index (χ3v) is 4.39. The van der Waals surface area contributed by atoms with Crippen LogP contribution in [0.3, 0.4) is 0 Å². The standard InChI is InChI=1S/C15H22N2O/c1-10-11(2)14(16(4)12(10)3)9-13-7-6-8-15(18)17(13)5/h6-7,13H,8-9H2,1-5H3. The molecule has 1 amide bonds. The van der Waals surface area contributed by atoms with Gasteiger partial charge in [-0.25, -0.2) is 0 Å². The molecule has 2 heterocycles. The van der Waals surface area contributed by atoms with E-state index in [9.17, 15) is 4.79 Å². The number of amides is 1. The summed E-state index contributed by atoms with van der Waals surface area (Å²) in [5.41, 5.74) is 5.37. The molecule has 2 rings (SSSR count). The zero-order valence-electron chi connectivity index (χ0n) is 11.9. The Hall–Kier alpha value is -1.51. The first-order valence-corrected chi connectivity index (χ1v) is 6.47. The first kappa shape index (κ1) is 12.9. The molecule has 0 bridgehead atoms. The van der Waals surface area contributed by atoms with E-state index in [0.717, 1.165) is 6.42 Å². The minimum atomic E-state index is 0.192. The first-order valence-electron chi connectivity index (χ1n) is 6.47. The maximum absolute atomic E-state index is 11.7. The predicted molar refractivity (Wildman–Crippen MR) is 73.6 cm³/mol. The Morgan fingerprint density at radius 3 is 2.44 bits per heavy atom. The fraction of sp³-hybridized carbons (Fsp3) is 0.533. The number of carbonyl (C=O) groups is 1. The highest BCUT2D eigenvalue weighted by atomic mass is 16.2. The number of hydrogen-bond acceptors (Lipinski definition) is 1. The summed E-state index contributed by atoms with van der Waals surface area (Å²) in [5, 5.41) is 0. The van der Waals surface area contributed by atoms with Gasteiger partial charge in [-0.05, 0) is 31.9 Å². The molecule has 98 valence electrons. The number of likely N-dealkylation sites (N-methyl/N-ethyl adjacent to an activating group) is 1. The lowest BCUT2D eigenvalue weighted by molar-refractivity contribution is -0.130. The molecule has 1 aromatic rings. The second-order valence-corrected chi connectivity index (χ2v) is 5.25. The Labute approximate surface area is 109 Å². The molecule has 0 spiro atoms.